The van der Waals surface area contributed by atoms with Gasteiger partial charge >= 0.3 is 0 Å². The number of aromatic hydroxyl groups is 1. The number of aromatic nitrogens is 4. The zero-order chi connectivity index (χ0) is 44.3. The number of rotatable bonds is 15. The normalized spacial score (nSPS) is 12.0. The molecule has 0 bridgehead atoms. The smallest absolute Gasteiger partial charge is 0.277 e. The standard InChI is InChI=1S/C29H28FN3O2.C22H24FN3O2/c1-21-26(32-17-9-18-32)29(34)33(19-16-22-10-4-2-5-11-22)28(31-21)24-14-8-15-25(30)27(24)35-20-23-12-6-3-7-13-23;1-3-13-24-19-15(2)25-21(17-10-7-11-18(23)20(17)27)26(22(19)28)14-12-16-8-5-4-6-9-16/h2-8,10-15H,9,16-20H2,1H3;4-11,24,27H,3,12-14H2,1-2H3. The average molecular weight is 851 g/mol. The van der Waals surface area contributed by atoms with Gasteiger partial charge in [0.1, 0.15) is 29.6 Å². The minimum Gasteiger partial charge on any atom is -0.504 e. The lowest BCUT2D eigenvalue weighted by Gasteiger charge is -2.34. The second-order valence-electron chi connectivity index (χ2n) is 15.4. The average Bonchev–Trinajstić information content (AvgIpc) is 3.28. The lowest BCUT2D eigenvalue weighted by Crippen LogP contribution is -2.43. The number of hydrogen-bond donors (Lipinski definition) is 2. The van der Waals surface area contributed by atoms with Crippen LogP contribution in [0.5, 0.6) is 11.5 Å². The fraction of sp³-hybridized carbons (Fsp3) is 0.255. The number of hydrogen-bond acceptors (Lipinski definition) is 8. The number of phenolic OH excluding ortho intramolecular Hbond substituents is 1. The maximum Gasteiger partial charge on any atom is 0.277 e. The largest absolute Gasteiger partial charge is 0.504 e. The highest BCUT2D eigenvalue weighted by atomic mass is 19.1. The molecule has 63 heavy (non-hydrogen) atoms. The Morgan fingerprint density at radius 3 is 1.75 bits per heavy atom. The lowest BCUT2D eigenvalue weighted by atomic mass is 10.1. The quantitative estimate of drug-likeness (QED) is 0.105. The third kappa shape index (κ3) is 10.3. The number of aryl methyl sites for hydroxylation is 4. The van der Waals surface area contributed by atoms with Crippen LogP contribution in [0.15, 0.2) is 137 Å². The summed E-state index contributed by atoms with van der Waals surface area (Å²) in [5, 5.41) is 13.3. The van der Waals surface area contributed by atoms with E-state index in [1.807, 2.05) is 105 Å². The first kappa shape index (κ1) is 44.0. The lowest BCUT2D eigenvalue weighted by molar-refractivity contribution is 0.291. The Kier molecular flexibility index (Phi) is 14.4. The number of anilines is 2. The van der Waals surface area contributed by atoms with Gasteiger partial charge in [0.15, 0.2) is 23.1 Å². The zero-order valence-electron chi connectivity index (χ0n) is 35.9. The van der Waals surface area contributed by atoms with Gasteiger partial charge in [0.25, 0.3) is 11.1 Å². The number of nitrogens with one attached hydrogen (secondary N) is 1. The molecule has 0 aliphatic carbocycles. The van der Waals surface area contributed by atoms with Gasteiger partial charge in [-0.2, -0.15) is 0 Å². The van der Waals surface area contributed by atoms with Gasteiger partial charge in [-0.15, -0.1) is 0 Å². The molecular weight excluding hydrogens is 799 g/mol. The van der Waals surface area contributed by atoms with Crippen molar-refractivity contribution in [3.63, 3.8) is 0 Å². The molecule has 324 valence electrons. The highest BCUT2D eigenvalue weighted by molar-refractivity contribution is 5.68. The Morgan fingerprint density at radius 2 is 1.17 bits per heavy atom. The van der Waals surface area contributed by atoms with Crippen molar-refractivity contribution in [1.29, 1.82) is 0 Å². The fourth-order valence-corrected chi connectivity index (χ4v) is 7.52. The van der Waals surface area contributed by atoms with Crippen LogP contribution in [0.1, 0.15) is 47.8 Å². The summed E-state index contributed by atoms with van der Waals surface area (Å²) in [6, 6.07) is 38.5. The molecule has 1 aliphatic heterocycles. The number of benzene rings is 5. The molecule has 2 aromatic heterocycles. The van der Waals surface area contributed by atoms with Crippen molar-refractivity contribution in [2.45, 2.75) is 66.2 Å². The monoisotopic (exact) mass is 850 g/mol. The van der Waals surface area contributed by atoms with E-state index in [-0.39, 0.29) is 34.9 Å². The highest BCUT2D eigenvalue weighted by Gasteiger charge is 2.26. The van der Waals surface area contributed by atoms with E-state index in [0.717, 1.165) is 42.6 Å². The van der Waals surface area contributed by atoms with Gasteiger partial charge < -0.3 is 20.1 Å². The maximum atomic E-state index is 15.0. The SMILES string of the molecule is CCCNc1c(C)nc(-c2cccc(F)c2O)n(CCc2ccccc2)c1=O.Cc1nc(-c2cccc(F)c2OCc2ccccc2)n(CCc2ccccc2)c(=O)c1N1CCC1. The molecular formula is C51H52F2N6O4. The molecule has 0 atom stereocenters. The Balaban J connectivity index is 0.000000194. The minimum atomic E-state index is -0.743. The molecule has 0 spiro atoms. The molecule has 1 saturated heterocycles. The summed E-state index contributed by atoms with van der Waals surface area (Å²) in [6.07, 6.45) is 3.20. The summed E-state index contributed by atoms with van der Waals surface area (Å²) >= 11 is 0. The number of ether oxygens (including phenoxy) is 1. The van der Waals surface area contributed by atoms with Gasteiger partial charge in [0, 0.05) is 32.7 Å². The summed E-state index contributed by atoms with van der Waals surface area (Å²) in [5.41, 5.74) is 5.73. The van der Waals surface area contributed by atoms with Crippen LogP contribution in [-0.2, 0) is 32.5 Å². The predicted octanol–water partition coefficient (Wildman–Crippen LogP) is 9.52. The van der Waals surface area contributed by atoms with Crippen LogP contribution in [-0.4, -0.2) is 43.8 Å². The van der Waals surface area contributed by atoms with Crippen LogP contribution in [0.25, 0.3) is 22.8 Å². The third-order valence-corrected chi connectivity index (χ3v) is 11.0. The first-order chi connectivity index (χ1) is 30.6. The molecule has 1 fully saturated rings. The molecule has 0 unspecified atom stereocenters. The van der Waals surface area contributed by atoms with Crippen LogP contribution < -0.4 is 26.1 Å². The summed E-state index contributed by atoms with van der Waals surface area (Å²) in [7, 11) is 0. The number of phenols is 1. The molecule has 10 nitrogen and oxygen atoms in total. The van der Waals surface area contributed by atoms with E-state index in [1.54, 1.807) is 29.7 Å². The van der Waals surface area contributed by atoms with E-state index >= 15 is 4.39 Å². The van der Waals surface area contributed by atoms with E-state index in [1.165, 1.54) is 22.8 Å². The molecule has 1 aliphatic rings. The van der Waals surface area contributed by atoms with Crippen LogP contribution >= 0.6 is 0 Å². The van der Waals surface area contributed by atoms with Crippen molar-refractivity contribution < 1.29 is 18.6 Å². The van der Waals surface area contributed by atoms with Gasteiger partial charge in [0.05, 0.1) is 22.5 Å². The second-order valence-corrected chi connectivity index (χ2v) is 15.4. The molecule has 0 saturated carbocycles. The zero-order valence-corrected chi connectivity index (χ0v) is 35.9. The second kappa shape index (κ2) is 20.7. The van der Waals surface area contributed by atoms with E-state index in [0.29, 0.717) is 66.6 Å². The number of para-hydroxylation sites is 2. The van der Waals surface area contributed by atoms with E-state index in [9.17, 15) is 19.1 Å². The van der Waals surface area contributed by atoms with Crippen LogP contribution in [0.3, 0.4) is 0 Å². The summed E-state index contributed by atoms with van der Waals surface area (Å²) < 4.78 is 38.1. The Bertz CT molecular complexity index is 2760. The van der Waals surface area contributed by atoms with E-state index < -0.39 is 17.4 Å². The van der Waals surface area contributed by atoms with Crippen LogP contribution in [0.4, 0.5) is 20.2 Å². The van der Waals surface area contributed by atoms with E-state index in [2.05, 4.69) is 15.2 Å². The molecule has 7 aromatic rings. The molecule has 5 aromatic carbocycles. The maximum absolute atomic E-state index is 15.0. The summed E-state index contributed by atoms with van der Waals surface area (Å²) in [4.78, 5) is 38.4. The third-order valence-electron chi connectivity index (χ3n) is 11.0. The van der Waals surface area contributed by atoms with Gasteiger partial charge in [-0.25, -0.2) is 18.7 Å². The predicted molar refractivity (Wildman–Crippen MR) is 246 cm³/mol. The van der Waals surface area contributed by atoms with Gasteiger partial charge in [-0.05, 0) is 80.5 Å². The molecule has 0 radical (unpaired) electrons. The molecule has 0 amide bonds. The van der Waals surface area contributed by atoms with Crippen molar-refractivity contribution in [3.05, 3.63) is 188 Å². The summed E-state index contributed by atoms with van der Waals surface area (Å²) in [6.45, 7) is 8.97. The minimum absolute atomic E-state index is 0.0959. The van der Waals surface area contributed by atoms with Gasteiger partial charge in [-0.3, -0.25) is 18.7 Å². The van der Waals surface area contributed by atoms with Crippen molar-refractivity contribution >= 4 is 11.4 Å². The van der Waals surface area contributed by atoms with Gasteiger partial charge in [0.2, 0.25) is 0 Å². The topological polar surface area (TPSA) is 115 Å². The van der Waals surface area contributed by atoms with Crippen LogP contribution in [0, 0.1) is 25.5 Å². The molecule has 3 heterocycles. The highest BCUT2D eigenvalue weighted by Crippen LogP contribution is 2.34. The van der Waals surface area contributed by atoms with Crippen molar-refractivity contribution in [2.75, 3.05) is 29.9 Å². The Morgan fingerprint density at radius 1 is 0.651 bits per heavy atom. The van der Waals surface area contributed by atoms with Crippen molar-refractivity contribution in [1.82, 2.24) is 19.1 Å². The fourth-order valence-electron chi connectivity index (χ4n) is 7.52. The number of nitrogens with zero attached hydrogens (tertiary/aromatic N) is 5. The van der Waals surface area contributed by atoms with E-state index in [4.69, 9.17) is 9.72 Å². The van der Waals surface area contributed by atoms with Gasteiger partial charge in [-0.1, -0.05) is 110 Å². The molecule has 12 heteroatoms. The Hall–Kier alpha value is -7.08. The molecule has 8 rings (SSSR count). The first-order valence-electron chi connectivity index (χ1n) is 21.4. The first-order valence-corrected chi connectivity index (χ1v) is 21.4. The van der Waals surface area contributed by atoms with Crippen molar-refractivity contribution in [2.24, 2.45) is 0 Å². The summed E-state index contributed by atoms with van der Waals surface area (Å²) in [5.74, 6) is -0.934. The molecule has 2 N–H and O–H groups in total. The van der Waals surface area contributed by atoms with Crippen LogP contribution in [0.2, 0.25) is 0 Å². The Labute approximate surface area is 366 Å². The van der Waals surface area contributed by atoms with Crippen molar-refractivity contribution in [3.8, 4) is 34.3 Å². The number of halogens is 2.